The van der Waals surface area contributed by atoms with Gasteiger partial charge in [0.05, 0.1) is 30.2 Å². The molecule has 2 fully saturated rings. The van der Waals surface area contributed by atoms with Crippen molar-refractivity contribution < 1.29 is 23.5 Å². The molecule has 0 aliphatic carbocycles. The molecule has 0 unspecified atom stereocenters. The van der Waals surface area contributed by atoms with Crippen LogP contribution >= 0.6 is 0 Å². The minimum atomic E-state index is -1.15. The molecule has 2 aliphatic heterocycles. The number of ether oxygens (including phenoxy) is 1. The highest BCUT2D eigenvalue weighted by Crippen LogP contribution is 2.52. The zero-order valence-corrected chi connectivity index (χ0v) is 17.8. The van der Waals surface area contributed by atoms with E-state index < -0.39 is 47.0 Å². The number of esters is 1. The Bertz CT molecular complexity index is 1170. The quantitative estimate of drug-likeness (QED) is 0.495. The first-order chi connectivity index (χ1) is 16.0. The summed E-state index contributed by atoms with van der Waals surface area (Å²) in [4.78, 5) is 41.4. The van der Waals surface area contributed by atoms with Crippen molar-refractivity contribution in [1.82, 2.24) is 5.32 Å². The van der Waals surface area contributed by atoms with Gasteiger partial charge in [-0.15, -0.1) is 0 Å². The highest BCUT2D eigenvalue weighted by molar-refractivity contribution is 6.24. The first-order valence-electron chi connectivity index (χ1n) is 10.6. The van der Waals surface area contributed by atoms with E-state index in [0.717, 1.165) is 16.0 Å². The van der Waals surface area contributed by atoms with Crippen LogP contribution in [0.3, 0.4) is 0 Å². The molecule has 2 heterocycles. The van der Waals surface area contributed by atoms with E-state index in [1.54, 1.807) is 0 Å². The standard InChI is InChI=1S/C26H21FN2O4/c1-33-25(32)22-20-21(24(31)29(23(20)30)19-14-12-18(27)13-15-19)26(28-22,16-8-4-2-5-9-16)17-10-6-3-7-11-17/h2-15,20-22,28H,1H3/t20-,21+,22+/m1/s1. The third-order valence-electron chi connectivity index (χ3n) is 6.56. The predicted molar refractivity (Wildman–Crippen MR) is 118 cm³/mol. The minimum Gasteiger partial charge on any atom is -0.468 e. The molecule has 2 saturated heterocycles. The number of hydrogen-bond donors (Lipinski definition) is 1. The van der Waals surface area contributed by atoms with E-state index in [2.05, 4.69) is 5.32 Å². The molecule has 3 aromatic carbocycles. The number of anilines is 1. The molecule has 2 amide bonds. The molecular formula is C26H21FN2O4. The summed E-state index contributed by atoms with van der Waals surface area (Å²) in [7, 11) is 1.25. The second-order valence-electron chi connectivity index (χ2n) is 8.18. The number of benzene rings is 3. The third-order valence-corrected chi connectivity index (χ3v) is 6.56. The second-order valence-corrected chi connectivity index (χ2v) is 8.18. The van der Waals surface area contributed by atoms with Gasteiger partial charge in [0.25, 0.3) is 0 Å². The summed E-state index contributed by atoms with van der Waals surface area (Å²) in [6, 6.07) is 22.7. The van der Waals surface area contributed by atoms with E-state index in [1.807, 2.05) is 60.7 Å². The maximum Gasteiger partial charge on any atom is 0.323 e. The third kappa shape index (κ3) is 3.08. The average Bonchev–Trinajstić information content (AvgIpc) is 3.35. The van der Waals surface area contributed by atoms with Gasteiger partial charge in [-0.2, -0.15) is 0 Å². The zero-order valence-electron chi connectivity index (χ0n) is 17.8. The largest absolute Gasteiger partial charge is 0.468 e. The van der Waals surface area contributed by atoms with Crippen LogP contribution < -0.4 is 10.2 Å². The van der Waals surface area contributed by atoms with E-state index in [0.29, 0.717) is 0 Å². The van der Waals surface area contributed by atoms with Crippen LogP contribution in [-0.4, -0.2) is 30.9 Å². The number of hydrogen-bond acceptors (Lipinski definition) is 5. The summed E-state index contributed by atoms with van der Waals surface area (Å²) in [6.45, 7) is 0. The Hall–Kier alpha value is -3.84. The molecule has 5 rings (SSSR count). The highest BCUT2D eigenvalue weighted by Gasteiger charge is 2.68. The number of fused-ring (bicyclic) bond motifs is 1. The second kappa shape index (κ2) is 7.94. The maximum absolute atomic E-state index is 13.9. The van der Waals surface area contributed by atoms with Crippen LogP contribution in [0.4, 0.5) is 10.1 Å². The van der Waals surface area contributed by atoms with Crippen molar-refractivity contribution in [2.45, 2.75) is 11.6 Å². The van der Waals surface area contributed by atoms with Crippen molar-refractivity contribution in [1.29, 1.82) is 0 Å². The minimum absolute atomic E-state index is 0.263. The Labute approximate surface area is 190 Å². The van der Waals surface area contributed by atoms with Gasteiger partial charge < -0.3 is 4.74 Å². The Morgan fingerprint density at radius 3 is 1.94 bits per heavy atom. The SMILES string of the molecule is COC(=O)[C@H]1NC(c2ccccc2)(c2ccccc2)[C@@H]2C(=O)N(c3ccc(F)cc3)C(=O)[C@@H]12. The number of rotatable bonds is 4. The molecule has 0 bridgehead atoms. The number of imide groups is 1. The molecule has 0 radical (unpaired) electrons. The summed E-state index contributed by atoms with van der Waals surface area (Å²) < 4.78 is 18.5. The summed E-state index contributed by atoms with van der Waals surface area (Å²) in [5, 5.41) is 3.33. The van der Waals surface area contributed by atoms with Gasteiger partial charge in [-0.1, -0.05) is 60.7 Å². The molecule has 166 valence electrons. The number of carbonyl (C=O) groups is 3. The lowest BCUT2D eigenvalue weighted by Gasteiger charge is -2.36. The van der Waals surface area contributed by atoms with Gasteiger partial charge in [-0.05, 0) is 35.4 Å². The first-order valence-corrected chi connectivity index (χ1v) is 10.6. The van der Waals surface area contributed by atoms with Crippen LogP contribution in [0, 0.1) is 17.7 Å². The molecule has 1 N–H and O–H groups in total. The van der Waals surface area contributed by atoms with Gasteiger partial charge >= 0.3 is 5.97 Å². The Morgan fingerprint density at radius 1 is 0.879 bits per heavy atom. The van der Waals surface area contributed by atoms with E-state index in [1.165, 1.54) is 31.4 Å². The fraction of sp³-hybridized carbons (Fsp3) is 0.192. The number of amides is 2. The first kappa shape index (κ1) is 21.0. The molecule has 2 aliphatic rings. The molecule has 7 heteroatoms. The lowest BCUT2D eigenvalue weighted by atomic mass is 9.72. The zero-order chi connectivity index (χ0) is 23.2. The summed E-state index contributed by atoms with van der Waals surface area (Å²) in [6.07, 6.45) is 0. The summed E-state index contributed by atoms with van der Waals surface area (Å²) >= 11 is 0. The highest BCUT2D eigenvalue weighted by atomic mass is 19.1. The van der Waals surface area contributed by atoms with E-state index in [9.17, 15) is 18.8 Å². The maximum atomic E-state index is 13.9. The smallest absolute Gasteiger partial charge is 0.323 e. The molecule has 6 nitrogen and oxygen atoms in total. The Kier molecular flexibility index (Phi) is 5.06. The normalized spacial score (nSPS) is 23.5. The van der Waals surface area contributed by atoms with Crippen molar-refractivity contribution in [2.75, 3.05) is 12.0 Å². The van der Waals surface area contributed by atoms with E-state index >= 15 is 0 Å². The Morgan fingerprint density at radius 2 is 1.42 bits per heavy atom. The van der Waals surface area contributed by atoms with Gasteiger partial charge in [0, 0.05) is 0 Å². The number of nitrogens with zero attached hydrogens (tertiary/aromatic N) is 1. The lowest BCUT2D eigenvalue weighted by molar-refractivity contribution is -0.145. The van der Waals surface area contributed by atoms with Crippen LogP contribution in [0.15, 0.2) is 84.9 Å². The van der Waals surface area contributed by atoms with E-state index in [4.69, 9.17) is 4.74 Å². The van der Waals surface area contributed by atoms with Crippen LogP contribution in [0.5, 0.6) is 0 Å². The van der Waals surface area contributed by atoms with Crippen LogP contribution in [-0.2, 0) is 24.7 Å². The molecule has 0 aromatic heterocycles. The number of halogens is 1. The van der Waals surface area contributed by atoms with Crippen molar-refractivity contribution in [3.05, 3.63) is 102 Å². The number of methoxy groups -OCH3 is 1. The summed E-state index contributed by atoms with van der Waals surface area (Å²) in [5.41, 5.74) is 0.618. The summed E-state index contributed by atoms with van der Waals surface area (Å²) in [5.74, 6) is -3.98. The topological polar surface area (TPSA) is 75.7 Å². The monoisotopic (exact) mass is 444 g/mol. The van der Waals surface area contributed by atoms with Crippen LogP contribution in [0.1, 0.15) is 11.1 Å². The van der Waals surface area contributed by atoms with Gasteiger partial charge in [0.1, 0.15) is 11.9 Å². The Balaban J connectivity index is 1.74. The van der Waals surface area contributed by atoms with Crippen molar-refractivity contribution >= 4 is 23.5 Å². The molecule has 0 spiro atoms. The van der Waals surface area contributed by atoms with Crippen LogP contribution in [0.25, 0.3) is 0 Å². The van der Waals surface area contributed by atoms with Crippen LogP contribution in [0.2, 0.25) is 0 Å². The average molecular weight is 444 g/mol. The fourth-order valence-electron chi connectivity index (χ4n) is 5.18. The molecule has 3 atom stereocenters. The molecule has 3 aromatic rings. The molecular weight excluding hydrogens is 423 g/mol. The van der Waals surface area contributed by atoms with Gasteiger partial charge in [0.2, 0.25) is 11.8 Å². The van der Waals surface area contributed by atoms with Gasteiger partial charge in [-0.3, -0.25) is 19.7 Å². The van der Waals surface area contributed by atoms with Crippen molar-refractivity contribution in [3.63, 3.8) is 0 Å². The lowest BCUT2D eigenvalue weighted by Crippen LogP contribution is -2.51. The van der Waals surface area contributed by atoms with Crippen molar-refractivity contribution in [2.24, 2.45) is 11.8 Å². The number of nitrogens with one attached hydrogen (secondary N) is 1. The molecule has 33 heavy (non-hydrogen) atoms. The fourth-order valence-corrected chi connectivity index (χ4v) is 5.18. The predicted octanol–water partition coefficient (Wildman–Crippen LogP) is 3.02. The van der Waals surface area contributed by atoms with Crippen molar-refractivity contribution in [3.8, 4) is 0 Å². The van der Waals surface area contributed by atoms with Gasteiger partial charge in [0.15, 0.2) is 0 Å². The van der Waals surface area contributed by atoms with E-state index in [-0.39, 0.29) is 5.69 Å². The van der Waals surface area contributed by atoms with Gasteiger partial charge in [-0.25, -0.2) is 9.29 Å². The number of carbonyl (C=O) groups excluding carboxylic acids is 3. The molecule has 0 saturated carbocycles.